The molecule has 1 aliphatic rings. The number of benzene rings is 2. The summed E-state index contributed by atoms with van der Waals surface area (Å²) in [5.74, 6) is 0.0451. The maximum Gasteiger partial charge on any atom is 0.245 e. The zero-order valence-electron chi connectivity index (χ0n) is 15.2. The minimum absolute atomic E-state index is 0.0451. The van der Waals surface area contributed by atoms with Crippen LogP contribution in [0.2, 0.25) is 0 Å². The number of hydrogen-bond acceptors (Lipinski definition) is 6. The summed E-state index contributed by atoms with van der Waals surface area (Å²) < 4.78 is 32.0. The summed E-state index contributed by atoms with van der Waals surface area (Å²) in [5.41, 5.74) is 1.74. The van der Waals surface area contributed by atoms with Gasteiger partial charge in [0.2, 0.25) is 15.9 Å². The van der Waals surface area contributed by atoms with Crippen LogP contribution in [0.25, 0.3) is 11.0 Å². The van der Waals surface area contributed by atoms with Gasteiger partial charge in [-0.1, -0.05) is 36.4 Å². The molecule has 0 N–H and O–H groups in total. The van der Waals surface area contributed by atoms with Crippen LogP contribution in [-0.2, 0) is 21.2 Å². The van der Waals surface area contributed by atoms with Crippen molar-refractivity contribution in [3.05, 3.63) is 54.1 Å². The van der Waals surface area contributed by atoms with E-state index in [-0.39, 0.29) is 29.4 Å². The van der Waals surface area contributed by atoms with Crippen molar-refractivity contribution >= 4 is 27.0 Å². The summed E-state index contributed by atoms with van der Waals surface area (Å²) in [7, 11) is -3.73. The van der Waals surface area contributed by atoms with E-state index in [1.54, 1.807) is 17.0 Å². The molecule has 0 bridgehead atoms. The van der Waals surface area contributed by atoms with Gasteiger partial charge in [0.05, 0.1) is 0 Å². The molecule has 28 heavy (non-hydrogen) atoms. The fourth-order valence-corrected chi connectivity index (χ4v) is 4.92. The third-order valence-electron chi connectivity index (χ3n) is 4.93. The van der Waals surface area contributed by atoms with Crippen molar-refractivity contribution in [1.82, 2.24) is 19.5 Å². The Balaban J connectivity index is 1.39. The topological polar surface area (TPSA) is 96.6 Å². The molecule has 8 nitrogen and oxygen atoms in total. The van der Waals surface area contributed by atoms with Crippen molar-refractivity contribution in [2.45, 2.75) is 17.7 Å². The van der Waals surface area contributed by atoms with E-state index in [1.165, 1.54) is 10.4 Å². The van der Waals surface area contributed by atoms with E-state index in [0.717, 1.165) is 5.56 Å². The molecule has 2 heterocycles. The molecule has 1 fully saturated rings. The lowest BCUT2D eigenvalue weighted by molar-refractivity contribution is -0.132. The average molecular weight is 400 g/mol. The highest BCUT2D eigenvalue weighted by molar-refractivity contribution is 7.89. The highest BCUT2D eigenvalue weighted by Crippen LogP contribution is 2.24. The second-order valence-corrected chi connectivity index (χ2v) is 8.56. The number of carbonyl (C=O) groups is 1. The number of hydrogen-bond donors (Lipinski definition) is 0. The molecule has 9 heteroatoms. The number of piperazine rings is 1. The van der Waals surface area contributed by atoms with E-state index in [0.29, 0.717) is 31.4 Å². The first-order valence-corrected chi connectivity index (χ1v) is 10.5. The maximum absolute atomic E-state index is 13.0. The van der Waals surface area contributed by atoms with Crippen LogP contribution in [0, 0.1) is 0 Å². The zero-order chi connectivity index (χ0) is 19.6. The largest absolute Gasteiger partial charge is 0.340 e. The Morgan fingerprint density at radius 2 is 1.71 bits per heavy atom. The molecule has 0 saturated carbocycles. The molecule has 1 aliphatic heterocycles. The summed E-state index contributed by atoms with van der Waals surface area (Å²) in [6.07, 6.45) is 1.10. The number of nitrogens with zero attached hydrogens (tertiary/aromatic N) is 4. The summed E-state index contributed by atoms with van der Waals surface area (Å²) in [5, 5.41) is 7.42. The van der Waals surface area contributed by atoms with E-state index in [4.69, 9.17) is 0 Å². The minimum Gasteiger partial charge on any atom is -0.340 e. The average Bonchev–Trinajstić information content (AvgIpc) is 3.21. The number of aromatic nitrogens is 2. The number of carbonyl (C=O) groups excluding carboxylic acids is 1. The Hall–Kier alpha value is -2.78. The van der Waals surface area contributed by atoms with Gasteiger partial charge in [-0.25, -0.2) is 13.0 Å². The standard InChI is InChI=1S/C19H20N4O4S/c24-18(10-9-15-5-2-1-3-6-15)22-11-13-23(14-12-22)28(25,26)17-8-4-7-16-19(17)21-27-20-16/h1-8H,9-14H2. The van der Waals surface area contributed by atoms with Gasteiger partial charge in [0.25, 0.3) is 0 Å². The summed E-state index contributed by atoms with van der Waals surface area (Å²) in [4.78, 5) is 14.3. The predicted octanol–water partition coefficient (Wildman–Crippen LogP) is 1.69. The van der Waals surface area contributed by atoms with Crippen LogP contribution < -0.4 is 0 Å². The van der Waals surface area contributed by atoms with Crippen molar-refractivity contribution in [1.29, 1.82) is 0 Å². The van der Waals surface area contributed by atoms with Gasteiger partial charge in [0, 0.05) is 32.6 Å². The summed E-state index contributed by atoms with van der Waals surface area (Å²) >= 11 is 0. The quantitative estimate of drug-likeness (QED) is 0.647. The van der Waals surface area contributed by atoms with Gasteiger partial charge in [0.1, 0.15) is 10.4 Å². The van der Waals surface area contributed by atoms with Crippen molar-refractivity contribution in [3.63, 3.8) is 0 Å². The Morgan fingerprint density at radius 1 is 0.964 bits per heavy atom. The first-order chi connectivity index (χ1) is 13.6. The van der Waals surface area contributed by atoms with E-state index in [2.05, 4.69) is 14.9 Å². The first-order valence-electron chi connectivity index (χ1n) is 9.09. The van der Waals surface area contributed by atoms with Crippen molar-refractivity contribution in [2.75, 3.05) is 26.2 Å². The van der Waals surface area contributed by atoms with E-state index < -0.39 is 10.0 Å². The molecular formula is C19H20N4O4S. The van der Waals surface area contributed by atoms with Crippen LogP contribution in [0.5, 0.6) is 0 Å². The summed E-state index contributed by atoms with van der Waals surface area (Å²) in [6, 6.07) is 14.6. The van der Waals surface area contributed by atoms with Crippen LogP contribution in [0.15, 0.2) is 58.1 Å². The second kappa shape index (κ2) is 7.69. The third kappa shape index (κ3) is 3.63. The maximum atomic E-state index is 13.0. The molecule has 146 valence electrons. The number of rotatable bonds is 5. The molecule has 2 aromatic carbocycles. The van der Waals surface area contributed by atoms with Gasteiger partial charge in [0.15, 0.2) is 5.52 Å². The SMILES string of the molecule is O=C(CCc1ccccc1)N1CCN(S(=O)(=O)c2cccc3nonc23)CC1. The molecule has 0 unspecified atom stereocenters. The van der Waals surface area contributed by atoms with E-state index in [9.17, 15) is 13.2 Å². The molecule has 0 spiro atoms. The Labute approximate surface area is 162 Å². The number of aryl methyl sites for hydroxylation is 1. The Morgan fingerprint density at radius 3 is 2.46 bits per heavy atom. The highest BCUT2D eigenvalue weighted by Gasteiger charge is 2.32. The lowest BCUT2D eigenvalue weighted by Gasteiger charge is -2.34. The monoisotopic (exact) mass is 400 g/mol. The number of amides is 1. The normalized spacial score (nSPS) is 15.8. The van der Waals surface area contributed by atoms with Crippen molar-refractivity contribution in [2.24, 2.45) is 0 Å². The van der Waals surface area contributed by atoms with Crippen LogP contribution in [0.1, 0.15) is 12.0 Å². The van der Waals surface area contributed by atoms with Crippen LogP contribution in [0.4, 0.5) is 0 Å². The van der Waals surface area contributed by atoms with Crippen molar-refractivity contribution in [3.8, 4) is 0 Å². The van der Waals surface area contributed by atoms with E-state index in [1.807, 2.05) is 30.3 Å². The Bertz CT molecular complexity index is 1070. The van der Waals surface area contributed by atoms with Crippen LogP contribution in [-0.4, -0.2) is 60.0 Å². The van der Waals surface area contributed by atoms with Gasteiger partial charge in [-0.15, -0.1) is 0 Å². The van der Waals surface area contributed by atoms with Crippen LogP contribution >= 0.6 is 0 Å². The molecule has 4 rings (SSSR count). The van der Waals surface area contributed by atoms with Gasteiger partial charge in [-0.2, -0.15) is 4.31 Å². The summed E-state index contributed by atoms with van der Waals surface area (Å²) in [6.45, 7) is 1.25. The molecule has 0 atom stereocenters. The molecule has 1 aromatic heterocycles. The molecule has 0 radical (unpaired) electrons. The molecule has 1 amide bonds. The molecule has 0 aliphatic carbocycles. The number of sulfonamides is 1. The second-order valence-electron chi connectivity index (χ2n) is 6.66. The smallest absolute Gasteiger partial charge is 0.245 e. The van der Waals surface area contributed by atoms with Gasteiger partial charge >= 0.3 is 0 Å². The number of fused-ring (bicyclic) bond motifs is 1. The van der Waals surface area contributed by atoms with Crippen molar-refractivity contribution < 1.29 is 17.8 Å². The zero-order valence-corrected chi connectivity index (χ0v) is 16.0. The highest BCUT2D eigenvalue weighted by atomic mass is 32.2. The van der Waals surface area contributed by atoms with E-state index >= 15 is 0 Å². The van der Waals surface area contributed by atoms with Crippen LogP contribution in [0.3, 0.4) is 0 Å². The fourth-order valence-electron chi connectivity index (χ4n) is 3.36. The Kier molecular flexibility index (Phi) is 5.10. The van der Waals surface area contributed by atoms with Gasteiger partial charge in [-0.05, 0) is 34.4 Å². The fraction of sp³-hybridized carbons (Fsp3) is 0.316. The molecule has 1 saturated heterocycles. The lowest BCUT2D eigenvalue weighted by atomic mass is 10.1. The molecule has 3 aromatic rings. The predicted molar refractivity (Wildman–Crippen MR) is 102 cm³/mol. The third-order valence-corrected chi connectivity index (χ3v) is 6.86. The lowest BCUT2D eigenvalue weighted by Crippen LogP contribution is -2.50. The van der Waals surface area contributed by atoms with Gasteiger partial charge in [-0.3, -0.25) is 4.79 Å². The first kappa shape index (κ1) is 18.6. The molecular weight excluding hydrogens is 380 g/mol. The minimum atomic E-state index is -3.73. The van der Waals surface area contributed by atoms with Gasteiger partial charge < -0.3 is 4.90 Å².